The van der Waals surface area contributed by atoms with E-state index >= 15 is 0 Å². The van der Waals surface area contributed by atoms with Crippen LogP contribution in [0.5, 0.6) is 5.75 Å². The number of nitrogens with zero attached hydrogens (tertiary/aromatic N) is 2. The van der Waals surface area contributed by atoms with Crippen LogP contribution in [0.15, 0.2) is 60.2 Å². The summed E-state index contributed by atoms with van der Waals surface area (Å²) >= 11 is 16.2. The van der Waals surface area contributed by atoms with Gasteiger partial charge in [0.15, 0.2) is 0 Å². The van der Waals surface area contributed by atoms with E-state index in [4.69, 9.17) is 27.9 Å². The van der Waals surface area contributed by atoms with Gasteiger partial charge >= 0.3 is 0 Å². The third kappa shape index (κ3) is 6.82. The first-order valence-corrected chi connectivity index (χ1v) is 12.3. The van der Waals surface area contributed by atoms with Crippen LogP contribution in [-0.4, -0.2) is 10.8 Å². The largest absolute Gasteiger partial charge is 0.487 e. The number of nitro groups is 1. The molecule has 1 N–H and O–H groups in total. The van der Waals surface area contributed by atoms with E-state index in [0.29, 0.717) is 22.9 Å². The number of hydrogen-bond donors (Lipinski definition) is 1. The van der Waals surface area contributed by atoms with Crippen LogP contribution in [0, 0.1) is 28.6 Å². The van der Waals surface area contributed by atoms with E-state index in [-0.39, 0.29) is 22.0 Å². The minimum atomic E-state index is -0.689. The van der Waals surface area contributed by atoms with Crippen LogP contribution in [0.2, 0.25) is 10.0 Å². The van der Waals surface area contributed by atoms with Gasteiger partial charge in [0.1, 0.15) is 24.0 Å². The summed E-state index contributed by atoms with van der Waals surface area (Å²) in [4.78, 5) is 22.9. The number of carbonyl (C=O) groups excluding carboxylic acids is 1. The van der Waals surface area contributed by atoms with Crippen LogP contribution in [0.25, 0.3) is 6.08 Å². The fourth-order valence-electron chi connectivity index (χ4n) is 2.76. The normalized spacial score (nSPS) is 11.0. The Labute approximate surface area is 232 Å². The average Bonchev–Trinajstić information content (AvgIpc) is 2.79. The number of benzene rings is 3. The second-order valence-corrected chi connectivity index (χ2v) is 9.94. The fourth-order valence-corrected chi connectivity index (χ4v) is 5.24. The lowest BCUT2D eigenvalue weighted by atomic mass is 10.1. The number of halogens is 4. The Morgan fingerprint density at radius 2 is 1.76 bits per heavy atom. The summed E-state index contributed by atoms with van der Waals surface area (Å²) in [5.41, 5.74) is 1.40. The van der Waals surface area contributed by atoms with Crippen LogP contribution < -0.4 is 10.1 Å². The number of non-ortho nitro benzene ring substituents is 1. The number of amides is 1. The van der Waals surface area contributed by atoms with Crippen molar-refractivity contribution in [3.63, 3.8) is 0 Å². The van der Waals surface area contributed by atoms with Gasteiger partial charge in [0, 0.05) is 17.2 Å². The number of carbonyl (C=O) groups is 1. The Morgan fingerprint density at radius 3 is 2.32 bits per heavy atom. The molecule has 34 heavy (non-hydrogen) atoms. The Hall–Kier alpha value is -2.40. The summed E-state index contributed by atoms with van der Waals surface area (Å²) in [6.07, 6.45) is 1.45. The van der Waals surface area contributed by atoms with Gasteiger partial charge in [-0.05, 0) is 92.7 Å². The summed E-state index contributed by atoms with van der Waals surface area (Å²) < 4.78 is 7.57. The third-order valence-corrected chi connectivity index (χ3v) is 6.57. The lowest BCUT2D eigenvalue weighted by Crippen LogP contribution is -2.13. The van der Waals surface area contributed by atoms with Crippen molar-refractivity contribution in [3.05, 3.63) is 98.6 Å². The predicted octanol–water partition coefficient (Wildman–Crippen LogP) is 7.24. The maximum absolute atomic E-state index is 12.6. The highest BCUT2D eigenvalue weighted by Gasteiger charge is 2.16. The molecular formula is C23H13Cl2I2N3O4. The van der Waals surface area contributed by atoms with Crippen LogP contribution in [0.3, 0.4) is 0 Å². The lowest BCUT2D eigenvalue weighted by Gasteiger charge is -2.12. The van der Waals surface area contributed by atoms with E-state index in [1.165, 1.54) is 18.2 Å². The van der Waals surface area contributed by atoms with Crippen molar-refractivity contribution in [2.75, 3.05) is 5.32 Å². The van der Waals surface area contributed by atoms with Gasteiger partial charge in [-0.2, -0.15) is 5.26 Å². The number of nitriles is 1. The second-order valence-electron chi connectivity index (χ2n) is 6.77. The van der Waals surface area contributed by atoms with Crippen molar-refractivity contribution in [3.8, 4) is 11.8 Å². The molecule has 0 aromatic heterocycles. The smallest absolute Gasteiger partial charge is 0.271 e. The molecule has 0 saturated carbocycles. The van der Waals surface area contributed by atoms with Crippen molar-refractivity contribution in [2.45, 2.75) is 6.61 Å². The summed E-state index contributed by atoms with van der Waals surface area (Å²) in [5, 5.41) is 23.5. The van der Waals surface area contributed by atoms with Crippen molar-refractivity contribution in [1.82, 2.24) is 0 Å². The van der Waals surface area contributed by atoms with Gasteiger partial charge < -0.3 is 10.1 Å². The topological polar surface area (TPSA) is 105 Å². The first-order chi connectivity index (χ1) is 16.2. The van der Waals surface area contributed by atoms with Gasteiger partial charge in [-0.3, -0.25) is 14.9 Å². The molecule has 1 amide bonds. The van der Waals surface area contributed by atoms with E-state index in [0.717, 1.165) is 18.8 Å². The molecule has 172 valence electrons. The fraction of sp³-hybridized carbons (Fsp3) is 0.0435. The molecule has 0 atom stereocenters. The number of nitrogens with one attached hydrogen (secondary N) is 1. The van der Waals surface area contributed by atoms with Crippen LogP contribution in [0.1, 0.15) is 11.1 Å². The molecule has 11 heteroatoms. The van der Waals surface area contributed by atoms with E-state index < -0.39 is 10.8 Å². The van der Waals surface area contributed by atoms with Gasteiger partial charge in [0.25, 0.3) is 11.6 Å². The van der Waals surface area contributed by atoms with Gasteiger partial charge in [-0.1, -0.05) is 35.3 Å². The predicted molar refractivity (Wildman–Crippen MR) is 148 cm³/mol. The van der Waals surface area contributed by atoms with Crippen molar-refractivity contribution in [2.24, 2.45) is 0 Å². The molecule has 0 fully saturated rings. The van der Waals surface area contributed by atoms with E-state index in [1.54, 1.807) is 24.3 Å². The monoisotopic (exact) mass is 719 g/mol. The van der Waals surface area contributed by atoms with Crippen LogP contribution in [0.4, 0.5) is 11.4 Å². The molecule has 0 aliphatic rings. The molecule has 7 nitrogen and oxygen atoms in total. The number of nitro benzene ring substituents is 1. The Balaban J connectivity index is 1.77. The molecule has 0 bridgehead atoms. The lowest BCUT2D eigenvalue weighted by molar-refractivity contribution is -0.384. The van der Waals surface area contributed by atoms with E-state index in [9.17, 15) is 20.2 Å². The molecule has 0 saturated heterocycles. The molecule has 3 aromatic carbocycles. The average molecular weight is 720 g/mol. The van der Waals surface area contributed by atoms with Gasteiger partial charge in [0.2, 0.25) is 0 Å². The molecule has 0 unspecified atom stereocenters. The molecular weight excluding hydrogens is 707 g/mol. The maximum Gasteiger partial charge on any atom is 0.271 e. The second kappa shape index (κ2) is 11.8. The third-order valence-electron chi connectivity index (χ3n) is 4.40. The summed E-state index contributed by atoms with van der Waals surface area (Å²) in [7, 11) is 0. The number of anilines is 1. The molecule has 0 spiro atoms. The quantitative estimate of drug-likeness (QED) is 0.0912. The molecule has 0 aliphatic heterocycles. The first-order valence-electron chi connectivity index (χ1n) is 9.41. The zero-order valence-electron chi connectivity index (χ0n) is 17.0. The minimum absolute atomic E-state index is 0.00822. The Kier molecular flexibility index (Phi) is 9.12. The van der Waals surface area contributed by atoms with E-state index in [2.05, 4.69) is 50.5 Å². The zero-order valence-corrected chi connectivity index (χ0v) is 22.8. The van der Waals surface area contributed by atoms with Gasteiger partial charge in [-0.25, -0.2) is 0 Å². The number of hydrogen-bond acceptors (Lipinski definition) is 5. The SMILES string of the molecule is N#CC(=Cc1cc(I)c(OCc2ccc(Cl)cc2)c(I)c1)C(=O)Nc1ccc([N+](=O)[O-])cc1Cl. The molecule has 0 radical (unpaired) electrons. The molecule has 0 aliphatic carbocycles. The Morgan fingerprint density at radius 1 is 1.12 bits per heavy atom. The standard InChI is InChI=1S/C23H13Cl2I2N3O4/c24-16-3-1-13(2-4-16)12-34-22-19(26)8-14(9-20(22)27)7-15(11-28)23(31)29-21-6-5-17(30(32)33)10-18(21)25/h1-10H,12H2,(H,29,31). The van der Waals surface area contributed by atoms with Crippen molar-refractivity contribution >= 4 is 91.7 Å². The Bertz CT molecular complexity index is 1320. The maximum atomic E-state index is 12.6. The highest BCUT2D eigenvalue weighted by atomic mass is 127. The molecule has 3 aromatic rings. The van der Waals surface area contributed by atoms with Gasteiger partial charge in [0.05, 0.1) is 22.8 Å². The summed E-state index contributed by atoms with van der Waals surface area (Å²) in [6, 6.07) is 16.5. The van der Waals surface area contributed by atoms with Crippen LogP contribution >= 0.6 is 68.4 Å². The van der Waals surface area contributed by atoms with Crippen molar-refractivity contribution < 1.29 is 14.5 Å². The number of ether oxygens (including phenoxy) is 1. The van der Waals surface area contributed by atoms with Crippen molar-refractivity contribution in [1.29, 1.82) is 5.26 Å². The first kappa shape index (κ1) is 26.2. The summed E-state index contributed by atoms with van der Waals surface area (Å²) in [5.74, 6) is 0.000236. The molecule has 3 rings (SSSR count). The molecule has 0 heterocycles. The number of rotatable bonds is 7. The highest BCUT2D eigenvalue weighted by molar-refractivity contribution is 14.1. The zero-order chi connectivity index (χ0) is 24.8. The van der Waals surface area contributed by atoms with Gasteiger partial charge in [-0.15, -0.1) is 0 Å². The highest BCUT2D eigenvalue weighted by Crippen LogP contribution is 2.31. The van der Waals surface area contributed by atoms with E-state index in [1.807, 2.05) is 18.2 Å². The van der Waals surface area contributed by atoms with Crippen LogP contribution in [-0.2, 0) is 11.4 Å². The summed E-state index contributed by atoms with van der Waals surface area (Å²) in [6.45, 7) is 0.361. The minimum Gasteiger partial charge on any atom is -0.487 e.